The van der Waals surface area contributed by atoms with E-state index in [1.807, 2.05) is 18.7 Å². The summed E-state index contributed by atoms with van der Waals surface area (Å²) in [4.78, 5) is 4.11. The number of aliphatic hydroxyl groups excluding tert-OH is 1. The zero-order chi connectivity index (χ0) is 12.6. The van der Waals surface area contributed by atoms with Gasteiger partial charge in [-0.05, 0) is 12.8 Å². The number of aliphatic hydroxyl groups is 1. The lowest BCUT2D eigenvalue weighted by Crippen LogP contribution is -2.23. The number of imidazole rings is 1. The largest absolute Gasteiger partial charge is 0.391 e. The SMILES string of the molecule is OC1CCCCCCCCCCC1n1ccnc1. The monoisotopic (exact) mass is 250 g/mol. The molecule has 1 fully saturated rings. The Hall–Kier alpha value is -0.830. The van der Waals surface area contributed by atoms with Crippen molar-refractivity contribution in [2.75, 3.05) is 0 Å². The minimum Gasteiger partial charge on any atom is -0.391 e. The average Bonchev–Trinajstić information content (AvgIpc) is 2.87. The van der Waals surface area contributed by atoms with Gasteiger partial charge in [0.25, 0.3) is 0 Å². The minimum atomic E-state index is -0.210. The fourth-order valence-corrected chi connectivity index (χ4v) is 2.97. The highest BCUT2D eigenvalue weighted by molar-refractivity contribution is 4.84. The van der Waals surface area contributed by atoms with Crippen molar-refractivity contribution in [2.24, 2.45) is 0 Å². The molecule has 0 bridgehead atoms. The number of hydrogen-bond acceptors (Lipinski definition) is 2. The molecule has 2 atom stereocenters. The fraction of sp³-hybridized carbons (Fsp3) is 0.800. The van der Waals surface area contributed by atoms with Gasteiger partial charge < -0.3 is 9.67 Å². The molecule has 1 N–H and O–H groups in total. The summed E-state index contributed by atoms with van der Waals surface area (Å²) >= 11 is 0. The van der Waals surface area contributed by atoms with Crippen LogP contribution in [0.4, 0.5) is 0 Å². The zero-order valence-electron chi connectivity index (χ0n) is 11.3. The van der Waals surface area contributed by atoms with E-state index in [2.05, 4.69) is 9.55 Å². The predicted octanol–water partition coefficient (Wildman–Crippen LogP) is 3.70. The maximum atomic E-state index is 10.4. The van der Waals surface area contributed by atoms with Crippen LogP contribution in [-0.4, -0.2) is 20.8 Å². The number of rotatable bonds is 1. The van der Waals surface area contributed by atoms with Gasteiger partial charge in [-0.25, -0.2) is 4.98 Å². The van der Waals surface area contributed by atoms with Crippen LogP contribution in [0.25, 0.3) is 0 Å². The molecule has 3 nitrogen and oxygen atoms in total. The van der Waals surface area contributed by atoms with Crippen molar-refractivity contribution in [3.05, 3.63) is 18.7 Å². The third-order valence-electron chi connectivity index (χ3n) is 4.10. The molecule has 1 aliphatic carbocycles. The Morgan fingerprint density at radius 1 is 0.889 bits per heavy atom. The van der Waals surface area contributed by atoms with Crippen LogP contribution < -0.4 is 0 Å². The first-order valence-corrected chi connectivity index (χ1v) is 7.53. The summed E-state index contributed by atoms with van der Waals surface area (Å²) in [5, 5.41) is 10.4. The van der Waals surface area contributed by atoms with Crippen LogP contribution in [-0.2, 0) is 0 Å². The maximum Gasteiger partial charge on any atom is 0.0949 e. The summed E-state index contributed by atoms with van der Waals surface area (Å²) in [6.07, 6.45) is 17.9. The van der Waals surface area contributed by atoms with Gasteiger partial charge in [-0.15, -0.1) is 0 Å². The van der Waals surface area contributed by atoms with Crippen LogP contribution in [0.15, 0.2) is 18.7 Å². The first kappa shape index (κ1) is 13.6. The molecule has 18 heavy (non-hydrogen) atoms. The minimum absolute atomic E-state index is 0.210. The van der Waals surface area contributed by atoms with Gasteiger partial charge in [-0.3, -0.25) is 0 Å². The van der Waals surface area contributed by atoms with E-state index in [1.54, 1.807) is 0 Å². The van der Waals surface area contributed by atoms with Crippen LogP contribution in [0.2, 0.25) is 0 Å². The molecule has 1 saturated carbocycles. The summed E-state index contributed by atoms with van der Waals surface area (Å²) in [6, 6.07) is 0.229. The van der Waals surface area contributed by atoms with E-state index in [-0.39, 0.29) is 12.1 Å². The second-order valence-electron chi connectivity index (χ2n) is 5.55. The second kappa shape index (κ2) is 7.57. The van der Waals surface area contributed by atoms with E-state index in [1.165, 1.54) is 44.9 Å². The number of nitrogens with zero attached hydrogens (tertiary/aromatic N) is 2. The molecule has 0 saturated heterocycles. The predicted molar refractivity (Wildman–Crippen MR) is 73.4 cm³/mol. The third-order valence-corrected chi connectivity index (χ3v) is 4.10. The van der Waals surface area contributed by atoms with Gasteiger partial charge in [-0.2, -0.15) is 0 Å². The Kier molecular flexibility index (Phi) is 5.72. The van der Waals surface area contributed by atoms with Gasteiger partial charge >= 0.3 is 0 Å². The van der Waals surface area contributed by atoms with Crippen molar-refractivity contribution in [1.29, 1.82) is 0 Å². The summed E-state index contributed by atoms with van der Waals surface area (Å²) in [5.74, 6) is 0. The van der Waals surface area contributed by atoms with Crippen LogP contribution in [0.3, 0.4) is 0 Å². The molecule has 0 aromatic carbocycles. The Bertz CT molecular complexity index is 310. The third kappa shape index (κ3) is 4.13. The lowest BCUT2D eigenvalue weighted by atomic mass is 9.96. The molecule has 0 radical (unpaired) electrons. The van der Waals surface area contributed by atoms with Crippen LogP contribution in [0.1, 0.15) is 70.3 Å². The first-order valence-electron chi connectivity index (χ1n) is 7.53. The zero-order valence-corrected chi connectivity index (χ0v) is 11.3. The lowest BCUT2D eigenvalue weighted by molar-refractivity contribution is 0.0937. The van der Waals surface area contributed by atoms with Gasteiger partial charge in [0.15, 0.2) is 0 Å². The van der Waals surface area contributed by atoms with E-state index in [0.29, 0.717) is 0 Å². The number of aromatic nitrogens is 2. The van der Waals surface area contributed by atoms with Crippen LogP contribution in [0.5, 0.6) is 0 Å². The van der Waals surface area contributed by atoms with Crippen molar-refractivity contribution >= 4 is 0 Å². The van der Waals surface area contributed by atoms with Crippen LogP contribution >= 0.6 is 0 Å². The highest BCUT2D eigenvalue weighted by Gasteiger charge is 2.20. The molecular weight excluding hydrogens is 224 g/mol. The smallest absolute Gasteiger partial charge is 0.0949 e. The molecule has 3 heteroatoms. The summed E-state index contributed by atoms with van der Waals surface area (Å²) < 4.78 is 2.09. The molecule has 0 spiro atoms. The summed E-state index contributed by atoms with van der Waals surface area (Å²) in [6.45, 7) is 0. The van der Waals surface area contributed by atoms with Crippen LogP contribution in [0, 0.1) is 0 Å². The van der Waals surface area contributed by atoms with Gasteiger partial charge in [0.05, 0.1) is 18.5 Å². The lowest BCUT2D eigenvalue weighted by Gasteiger charge is -2.24. The van der Waals surface area contributed by atoms with Crippen molar-refractivity contribution in [3.8, 4) is 0 Å². The van der Waals surface area contributed by atoms with Gasteiger partial charge in [0, 0.05) is 12.4 Å². The molecule has 1 aliphatic rings. The van der Waals surface area contributed by atoms with E-state index in [0.717, 1.165) is 19.3 Å². The second-order valence-corrected chi connectivity index (χ2v) is 5.55. The number of hydrogen-bond donors (Lipinski definition) is 1. The highest BCUT2D eigenvalue weighted by atomic mass is 16.3. The molecule has 1 heterocycles. The quantitative estimate of drug-likeness (QED) is 0.825. The molecule has 1 aromatic rings. The first-order chi connectivity index (χ1) is 8.88. The molecule has 0 aliphatic heterocycles. The Balaban J connectivity index is 1.94. The highest BCUT2D eigenvalue weighted by Crippen LogP contribution is 2.25. The summed E-state index contributed by atoms with van der Waals surface area (Å²) in [7, 11) is 0. The van der Waals surface area contributed by atoms with Gasteiger partial charge in [0.2, 0.25) is 0 Å². The Morgan fingerprint density at radius 2 is 1.50 bits per heavy atom. The fourth-order valence-electron chi connectivity index (χ4n) is 2.97. The summed E-state index contributed by atoms with van der Waals surface area (Å²) in [5.41, 5.74) is 0. The van der Waals surface area contributed by atoms with E-state index in [9.17, 15) is 5.11 Å². The van der Waals surface area contributed by atoms with Gasteiger partial charge in [-0.1, -0.05) is 51.4 Å². The van der Waals surface area contributed by atoms with E-state index in [4.69, 9.17) is 0 Å². The van der Waals surface area contributed by atoms with Crippen molar-refractivity contribution in [1.82, 2.24) is 9.55 Å². The molecule has 2 unspecified atom stereocenters. The van der Waals surface area contributed by atoms with Gasteiger partial charge in [0.1, 0.15) is 0 Å². The molecule has 102 valence electrons. The van der Waals surface area contributed by atoms with E-state index < -0.39 is 0 Å². The molecule has 2 rings (SSSR count). The van der Waals surface area contributed by atoms with Crippen molar-refractivity contribution in [3.63, 3.8) is 0 Å². The van der Waals surface area contributed by atoms with E-state index >= 15 is 0 Å². The molecule has 0 amide bonds. The Labute approximate surface area is 110 Å². The average molecular weight is 250 g/mol. The normalized spacial score (nSPS) is 28.3. The standard InChI is InChI=1S/C15H26N2O/c18-15-10-8-6-4-2-1-3-5-7-9-14(15)17-12-11-16-13-17/h11-15,18H,1-10H2. The maximum absolute atomic E-state index is 10.4. The van der Waals surface area contributed by atoms with Crippen molar-refractivity contribution < 1.29 is 5.11 Å². The topological polar surface area (TPSA) is 38.0 Å². The Morgan fingerprint density at radius 3 is 2.11 bits per heavy atom. The molecule has 1 aromatic heterocycles. The van der Waals surface area contributed by atoms with Crippen molar-refractivity contribution in [2.45, 2.75) is 76.4 Å². The molecular formula is C15H26N2O.